The molecule has 0 unspecified atom stereocenters. The lowest BCUT2D eigenvalue weighted by molar-refractivity contribution is -0.155. The second-order valence-corrected chi connectivity index (χ2v) is 8.51. The molecule has 0 radical (unpaired) electrons. The van der Waals surface area contributed by atoms with E-state index < -0.39 is 0 Å². The Morgan fingerprint density at radius 3 is 2.80 bits per heavy atom. The highest BCUT2D eigenvalue weighted by atomic mass is 19.1. The average Bonchev–Trinajstić information content (AvgIpc) is 2.53. The first kappa shape index (κ1) is 18.4. The van der Waals surface area contributed by atoms with Gasteiger partial charge in [-0.3, -0.25) is 4.79 Å². The second kappa shape index (κ2) is 7.06. The van der Waals surface area contributed by atoms with E-state index in [1.807, 2.05) is 19.9 Å². The first-order valence-corrected chi connectivity index (χ1v) is 9.51. The van der Waals surface area contributed by atoms with Crippen molar-refractivity contribution < 1.29 is 13.9 Å². The summed E-state index contributed by atoms with van der Waals surface area (Å²) in [6.45, 7) is 8.25. The van der Waals surface area contributed by atoms with Crippen LogP contribution in [0.5, 0.6) is 0 Å². The maximum absolute atomic E-state index is 13.7. The molecular formula is C21H30FNO2. The minimum absolute atomic E-state index is 0.0479. The van der Waals surface area contributed by atoms with E-state index in [2.05, 4.69) is 19.2 Å². The Labute approximate surface area is 150 Å². The van der Waals surface area contributed by atoms with Gasteiger partial charge in [-0.15, -0.1) is 0 Å². The van der Waals surface area contributed by atoms with Crippen molar-refractivity contribution in [3.8, 4) is 0 Å². The van der Waals surface area contributed by atoms with Gasteiger partial charge in [-0.1, -0.05) is 39.3 Å². The molecule has 1 amide bonds. The summed E-state index contributed by atoms with van der Waals surface area (Å²) in [5.74, 6) is 0.731. The topological polar surface area (TPSA) is 38.3 Å². The Morgan fingerprint density at radius 1 is 1.36 bits per heavy atom. The van der Waals surface area contributed by atoms with Crippen LogP contribution in [-0.4, -0.2) is 17.6 Å². The predicted molar refractivity (Wildman–Crippen MR) is 96.5 cm³/mol. The molecule has 138 valence electrons. The van der Waals surface area contributed by atoms with E-state index in [0.717, 1.165) is 18.4 Å². The molecule has 1 aromatic carbocycles. The van der Waals surface area contributed by atoms with Gasteiger partial charge < -0.3 is 10.1 Å². The van der Waals surface area contributed by atoms with Crippen molar-refractivity contribution in [3.63, 3.8) is 0 Å². The van der Waals surface area contributed by atoms with E-state index >= 15 is 0 Å². The molecule has 1 aliphatic carbocycles. The summed E-state index contributed by atoms with van der Waals surface area (Å²) < 4.78 is 20.1. The number of rotatable bonds is 3. The minimum atomic E-state index is -0.318. The number of halogens is 1. The first-order valence-electron chi connectivity index (χ1n) is 9.51. The van der Waals surface area contributed by atoms with E-state index in [1.165, 1.54) is 12.5 Å². The lowest BCUT2D eigenvalue weighted by Crippen LogP contribution is -2.61. The summed E-state index contributed by atoms with van der Waals surface area (Å²) in [4.78, 5) is 12.4. The molecule has 1 saturated heterocycles. The fourth-order valence-electron chi connectivity index (χ4n) is 4.48. The molecule has 1 aromatic rings. The van der Waals surface area contributed by atoms with Crippen LogP contribution in [0.4, 0.5) is 4.39 Å². The zero-order chi connectivity index (χ0) is 18.2. The lowest BCUT2D eigenvalue weighted by Gasteiger charge is -2.52. The molecule has 1 N–H and O–H groups in total. The van der Waals surface area contributed by atoms with E-state index in [-0.39, 0.29) is 35.4 Å². The molecule has 3 rings (SSSR count). The van der Waals surface area contributed by atoms with Crippen LogP contribution in [0.25, 0.3) is 0 Å². The van der Waals surface area contributed by atoms with Crippen LogP contribution in [0.15, 0.2) is 24.3 Å². The third kappa shape index (κ3) is 3.89. The number of carbonyl (C=O) groups is 1. The molecule has 1 heterocycles. The number of nitrogens with one attached hydrogen (secondary N) is 1. The van der Waals surface area contributed by atoms with Gasteiger partial charge in [0.05, 0.1) is 12.2 Å². The summed E-state index contributed by atoms with van der Waals surface area (Å²) in [5.41, 5.74) is 0.545. The van der Waals surface area contributed by atoms with Gasteiger partial charge in [0.25, 0.3) is 0 Å². The summed E-state index contributed by atoms with van der Waals surface area (Å²) in [7, 11) is 0. The van der Waals surface area contributed by atoms with Crippen LogP contribution in [0.2, 0.25) is 0 Å². The average molecular weight is 347 g/mol. The number of hydrogen-bond acceptors (Lipinski definition) is 2. The fraction of sp³-hybridized carbons (Fsp3) is 0.667. The molecule has 3 nitrogen and oxygen atoms in total. The number of benzene rings is 1. The molecule has 2 fully saturated rings. The number of ether oxygens (including phenoxy) is 1. The molecule has 1 saturated carbocycles. The van der Waals surface area contributed by atoms with Gasteiger partial charge >= 0.3 is 0 Å². The van der Waals surface area contributed by atoms with Gasteiger partial charge in [0.2, 0.25) is 5.91 Å². The normalized spacial score (nSPS) is 35.3. The van der Waals surface area contributed by atoms with E-state index in [0.29, 0.717) is 18.3 Å². The number of amides is 1. The highest BCUT2D eigenvalue weighted by Gasteiger charge is 2.49. The van der Waals surface area contributed by atoms with Crippen molar-refractivity contribution in [3.05, 3.63) is 35.6 Å². The standard InChI is InChI=1S/C21H30FNO2/c1-13(2)20(24)23-21(4)12-19(15-6-5-7-16(22)11-15)25-18-10-14(3)8-9-17(18)21/h5-7,11,13-14,17-19H,8-10,12H2,1-4H3,(H,23,24)/t14-,17-,18-,19-,21+/m1/s1. The summed E-state index contributed by atoms with van der Waals surface area (Å²) in [5, 5.41) is 3.31. The Morgan fingerprint density at radius 2 is 2.12 bits per heavy atom. The van der Waals surface area contributed by atoms with Crippen molar-refractivity contribution in [2.45, 2.75) is 71.1 Å². The van der Waals surface area contributed by atoms with Crippen molar-refractivity contribution >= 4 is 5.91 Å². The Kier molecular flexibility index (Phi) is 5.19. The maximum Gasteiger partial charge on any atom is 0.222 e. The maximum atomic E-state index is 13.7. The minimum Gasteiger partial charge on any atom is -0.370 e. The van der Waals surface area contributed by atoms with Gasteiger partial charge in [-0.05, 0) is 43.4 Å². The second-order valence-electron chi connectivity index (χ2n) is 8.51. The molecule has 0 spiro atoms. The Bertz CT molecular complexity index is 632. The summed E-state index contributed by atoms with van der Waals surface area (Å²) in [6.07, 6.45) is 3.86. The smallest absolute Gasteiger partial charge is 0.222 e. The predicted octanol–water partition coefficient (Wildman–Crippen LogP) is 4.62. The van der Waals surface area contributed by atoms with Gasteiger partial charge in [-0.2, -0.15) is 0 Å². The van der Waals surface area contributed by atoms with Crippen LogP contribution in [0, 0.1) is 23.6 Å². The SMILES string of the molecule is CC(C)C(=O)N[C@@]1(C)C[C@H](c2cccc(F)c2)O[C@@H]2C[C@H](C)CC[C@H]21. The van der Waals surface area contributed by atoms with Gasteiger partial charge in [0, 0.05) is 23.8 Å². The van der Waals surface area contributed by atoms with Crippen molar-refractivity contribution in [2.75, 3.05) is 0 Å². The molecule has 0 aromatic heterocycles. The summed E-state index contributed by atoms with van der Waals surface area (Å²) >= 11 is 0. The fourth-order valence-corrected chi connectivity index (χ4v) is 4.48. The highest BCUT2D eigenvalue weighted by Crippen LogP contribution is 2.48. The monoisotopic (exact) mass is 347 g/mol. The van der Waals surface area contributed by atoms with Crippen molar-refractivity contribution in [1.82, 2.24) is 5.32 Å². The quantitative estimate of drug-likeness (QED) is 0.866. The molecule has 1 aliphatic heterocycles. The lowest BCUT2D eigenvalue weighted by atomic mass is 9.66. The van der Waals surface area contributed by atoms with Crippen LogP contribution in [0.1, 0.15) is 65.0 Å². The van der Waals surface area contributed by atoms with Crippen molar-refractivity contribution in [2.24, 2.45) is 17.8 Å². The van der Waals surface area contributed by atoms with Crippen LogP contribution >= 0.6 is 0 Å². The first-order chi connectivity index (χ1) is 11.8. The van der Waals surface area contributed by atoms with Gasteiger partial charge in [-0.25, -0.2) is 4.39 Å². The van der Waals surface area contributed by atoms with Crippen LogP contribution in [0.3, 0.4) is 0 Å². The third-order valence-corrected chi connectivity index (χ3v) is 5.97. The Hall–Kier alpha value is -1.42. The zero-order valence-electron chi connectivity index (χ0n) is 15.7. The van der Waals surface area contributed by atoms with E-state index in [9.17, 15) is 9.18 Å². The molecule has 25 heavy (non-hydrogen) atoms. The largest absolute Gasteiger partial charge is 0.370 e. The van der Waals surface area contributed by atoms with Crippen molar-refractivity contribution in [1.29, 1.82) is 0 Å². The summed E-state index contributed by atoms with van der Waals surface area (Å²) in [6, 6.07) is 6.66. The Balaban J connectivity index is 1.89. The zero-order valence-corrected chi connectivity index (χ0v) is 15.7. The van der Waals surface area contributed by atoms with E-state index in [4.69, 9.17) is 4.74 Å². The van der Waals surface area contributed by atoms with Crippen LogP contribution in [-0.2, 0) is 9.53 Å². The molecule has 4 heteroatoms. The van der Waals surface area contributed by atoms with Crippen LogP contribution < -0.4 is 5.32 Å². The molecule has 2 aliphatic rings. The van der Waals surface area contributed by atoms with Gasteiger partial charge in [0.1, 0.15) is 5.82 Å². The number of hydrogen-bond donors (Lipinski definition) is 1. The third-order valence-electron chi connectivity index (χ3n) is 5.97. The van der Waals surface area contributed by atoms with E-state index in [1.54, 1.807) is 12.1 Å². The molecule has 0 bridgehead atoms. The number of fused-ring (bicyclic) bond motifs is 1. The molecular weight excluding hydrogens is 317 g/mol. The molecule has 5 atom stereocenters. The number of carbonyl (C=O) groups excluding carboxylic acids is 1. The van der Waals surface area contributed by atoms with Gasteiger partial charge in [0.15, 0.2) is 0 Å². The highest BCUT2D eigenvalue weighted by molar-refractivity contribution is 5.78.